The van der Waals surface area contributed by atoms with E-state index in [0.29, 0.717) is 5.92 Å². The molecular formula is C14H18N2O3. The largest absolute Gasteiger partial charge is 0.369 e. The van der Waals surface area contributed by atoms with Crippen LogP contribution in [0.5, 0.6) is 0 Å². The van der Waals surface area contributed by atoms with Gasteiger partial charge in [-0.2, -0.15) is 0 Å². The fourth-order valence-corrected chi connectivity index (χ4v) is 2.02. The second-order valence-electron chi connectivity index (χ2n) is 4.87. The zero-order valence-corrected chi connectivity index (χ0v) is 11.1. The molecule has 2 rings (SSSR count). The maximum atomic E-state index is 12.1. The number of carbonyl (C=O) groups excluding carboxylic acids is 2. The monoisotopic (exact) mass is 262 g/mol. The maximum Gasteiger partial charge on any atom is 0.249 e. The second kappa shape index (κ2) is 5.84. The molecule has 1 aromatic rings. The summed E-state index contributed by atoms with van der Waals surface area (Å²) in [7, 11) is 0. The summed E-state index contributed by atoms with van der Waals surface area (Å²) in [6.07, 6.45) is 0. The van der Waals surface area contributed by atoms with Crippen LogP contribution in [0.15, 0.2) is 24.3 Å². The van der Waals surface area contributed by atoms with Gasteiger partial charge in [0.1, 0.15) is 12.6 Å². The van der Waals surface area contributed by atoms with Crippen LogP contribution in [0, 0.1) is 0 Å². The average Bonchev–Trinajstić information content (AvgIpc) is 2.39. The van der Waals surface area contributed by atoms with Gasteiger partial charge in [0, 0.05) is 5.69 Å². The molecule has 0 bridgehead atoms. The van der Waals surface area contributed by atoms with E-state index in [9.17, 15) is 9.59 Å². The fraction of sp³-hybridized carbons (Fsp3) is 0.429. The molecule has 1 aromatic carbocycles. The summed E-state index contributed by atoms with van der Waals surface area (Å²) in [5, 5.41) is 5.46. The van der Waals surface area contributed by atoms with Gasteiger partial charge in [-0.25, -0.2) is 0 Å². The highest BCUT2D eigenvalue weighted by Gasteiger charge is 2.25. The average molecular weight is 262 g/mol. The highest BCUT2D eigenvalue weighted by molar-refractivity contribution is 5.98. The van der Waals surface area contributed by atoms with Crippen LogP contribution < -0.4 is 10.6 Å². The topological polar surface area (TPSA) is 67.4 Å². The van der Waals surface area contributed by atoms with E-state index in [1.54, 1.807) is 0 Å². The van der Waals surface area contributed by atoms with Gasteiger partial charge in [0.15, 0.2) is 0 Å². The first kappa shape index (κ1) is 13.5. The summed E-state index contributed by atoms with van der Waals surface area (Å²) in [4.78, 5) is 23.3. The molecule has 2 N–H and O–H groups in total. The molecule has 1 aliphatic heterocycles. The summed E-state index contributed by atoms with van der Waals surface area (Å²) in [5.41, 5.74) is 1.85. The Kier molecular flexibility index (Phi) is 4.16. The first-order valence-electron chi connectivity index (χ1n) is 6.35. The van der Waals surface area contributed by atoms with E-state index in [0.717, 1.165) is 11.3 Å². The molecule has 0 spiro atoms. The van der Waals surface area contributed by atoms with E-state index in [-0.39, 0.29) is 25.0 Å². The van der Waals surface area contributed by atoms with Crippen molar-refractivity contribution in [1.82, 2.24) is 5.32 Å². The molecule has 0 aliphatic carbocycles. The van der Waals surface area contributed by atoms with Crippen molar-refractivity contribution in [3.63, 3.8) is 0 Å². The van der Waals surface area contributed by atoms with Crippen LogP contribution in [-0.4, -0.2) is 31.1 Å². The summed E-state index contributed by atoms with van der Waals surface area (Å²) < 4.78 is 5.06. The number of hydrogen-bond donors (Lipinski definition) is 2. The minimum Gasteiger partial charge on any atom is -0.369 e. The lowest BCUT2D eigenvalue weighted by molar-refractivity contribution is -0.136. The van der Waals surface area contributed by atoms with E-state index in [4.69, 9.17) is 4.74 Å². The van der Waals surface area contributed by atoms with Gasteiger partial charge in [-0.3, -0.25) is 9.59 Å². The predicted octanol–water partition coefficient (Wildman–Crippen LogP) is 1.26. The fourth-order valence-electron chi connectivity index (χ4n) is 2.02. The Hall–Kier alpha value is -1.88. The van der Waals surface area contributed by atoms with Gasteiger partial charge >= 0.3 is 0 Å². The minimum absolute atomic E-state index is 0.0202. The van der Waals surface area contributed by atoms with Gasteiger partial charge in [0.05, 0.1) is 6.61 Å². The van der Waals surface area contributed by atoms with Gasteiger partial charge in [-0.1, -0.05) is 32.0 Å². The predicted molar refractivity (Wildman–Crippen MR) is 71.9 cm³/mol. The van der Waals surface area contributed by atoms with Crippen LogP contribution in [0.2, 0.25) is 0 Å². The van der Waals surface area contributed by atoms with Crippen molar-refractivity contribution in [1.29, 1.82) is 0 Å². The van der Waals surface area contributed by atoms with E-state index in [2.05, 4.69) is 24.5 Å². The lowest BCUT2D eigenvalue weighted by Crippen LogP contribution is -2.52. The van der Waals surface area contributed by atoms with Crippen molar-refractivity contribution >= 4 is 17.5 Å². The molecule has 1 aliphatic rings. The van der Waals surface area contributed by atoms with E-state index in [1.165, 1.54) is 0 Å². The van der Waals surface area contributed by atoms with Crippen molar-refractivity contribution in [3.8, 4) is 0 Å². The van der Waals surface area contributed by atoms with Crippen LogP contribution in [0.4, 0.5) is 5.69 Å². The minimum atomic E-state index is -0.624. The molecule has 5 nitrogen and oxygen atoms in total. The number of carbonyl (C=O) groups is 2. The zero-order chi connectivity index (χ0) is 13.8. The molecule has 0 saturated carbocycles. The molecule has 1 fully saturated rings. The standard InChI is InChI=1S/C14H18N2O3/c1-9(2)10-5-3-4-6-11(10)16-14(18)12-7-19-8-13(17)15-12/h3-6,9,12H,7-8H2,1-2H3,(H,15,17)(H,16,18). The first-order chi connectivity index (χ1) is 9.08. The van der Waals surface area contributed by atoms with Crippen LogP contribution in [-0.2, 0) is 14.3 Å². The summed E-state index contributed by atoms with van der Waals surface area (Å²) in [6.45, 7) is 4.36. The van der Waals surface area contributed by atoms with Gasteiger partial charge in [-0.05, 0) is 17.5 Å². The zero-order valence-electron chi connectivity index (χ0n) is 11.1. The van der Waals surface area contributed by atoms with E-state index < -0.39 is 6.04 Å². The van der Waals surface area contributed by atoms with E-state index in [1.807, 2.05) is 24.3 Å². The third-order valence-corrected chi connectivity index (χ3v) is 3.01. The van der Waals surface area contributed by atoms with Crippen molar-refractivity contribution in [2.75, 3.05) is 18.5 Å². The van der Waals surface area contributed by atoms with Crippen molar-refractivity contribution < 1.29 is 14.3 Å². The summed E-state index contributed by atoms with van der Waals surface area (Å²) in [6, 6.07) is 7.03. The number of morpholine rings is 1. The first-order valence-corrected chi connectivity index (χ1v) is 6.35. The smallest absolute Gasteiger partial charge is 0.249 e. The van der Waals surface area contributed by atoms with Gasteiger partial charge < -0.3 is 15.4 Å². The lowest BCUT2D eigenvalue weighted by Gasteiger charge is -2.23. The molecule has 2 amide bonds. The van der Waals surface area contributed by atoms with Crippen molar-refractivity contribution in [3.05, 3.63) is 29.8 Å². The van der Waals surface area contributed by atoms with Gasteiger partial charge in [0.2, 0.25) is 11.8 Å². The molecule has 1 unspecified atom stereocenters. The normalized spacial score (nSPS) is 19.1. The van der Waals surface area contributed by atoms with Gasteiger partial charge in [-0.15, -0.1) is 0 Å². The number of anilines is 1. The number of nitrogens with one attached hydrogen (secondary N) is 2. The SMILES string of the molecule is CC(C)c1ccccc1NC(=O)C1COCC(=O)N1. The van der Waals surface area contributed by atoms with Crippen LogP contribution in [0.25, 0.3) is 0 Å². The lowest BCUT2D eigenvalue weighted by atomic mass is 10.0. The Balaban J connectivity index is 2.08. The highest BCUT2D eigenvalue weighted by atomic mass is 16.5. The molecule has 0 aromatic heterocycles. The Bertz CT molecular complexity index is 485. The number of para-hydroxylation sites is 1. The summed E-state index contributed by atoms with van der Waals surface area (Å²) in [5.74, 6) is -0.196. The molecule has 19 heavy (non-hydrogen) atoms. The van der Waals surface area contributed by atoms with Crippen LogP contribution in [0.3, 0.4) is 0 Å². The maximum absolute atomic E-state index is 12.1. The van der Waals surface area contributed by atoms with Crippen LogP contribution in [0.1, 0.15) is 25.3 Å². The third kappa shape index (κ3) is 3.32. The molecule has 1 saturated heterocycles. The second-order valence-corrected chi connectivity index (χ2v) is 4.87. The van der Waals surface area contributed by atoms with Crippen molar-refractivity contribution in [2.24, 2.45) is 0 Å². The Morgan fingerprint density at radius 3 is 2.84 bits per heavy atom. The Morgan fingerprint density at radius 2 is 2.16 bits per heavy atom. The number of hydrogen-bond acceptors (Lipinski definition) is 3. The van der Waals surface area contributed by atoms with Gasteiger partial charge in [0.25, 0.3) is 0 Å². The number of rotatable bonds is 3. The number of benzene rings is 1. The molecular weight excluding hydrogens is 244 g/mol. The third-order valence-electron chi connectivity index (χ3n) is 3.01. The molecule has 1 atom stereocenters. The highest BCUT2D eigenvalue weighted by Crippen LogP contribution is 2.23. The van der Waals surface area contributed by atoms with Crippen molar-refractivity contribution in [2.45, 2.75) is 25.8 Å². The Morgan fingerprint density at radius 1 is 1.42 bits per heavy atom. The number of amides is 2. The molecule has 1 heterocycles. The summed E-state index contributed by atoms with van der Waals surface area (Å²) >= 11 is 0. The molecule has 5 heteroatoms. The quantitative estimate of drug-likeness (QED) is 0.862. The molecule has 102 valence electrons. The van der Waals surface area contributed by atoms with E-state index >= 15 is 0 Å². The van der Waals surface area contributed by atoms with Crippen LogP contribution >= 0.6 is 0 Å². The Labute approximate surface area is 112 Å². The molecule has 0 radical (unpaired) electrons. The number of ether oxygens (including phenoxy) is 1.